The van der Waals surface area contributed by atoms with Crippen molar-refractivity contribution in [2.75, 3.05) is 13.7 Å². The molecule has 200 valence electrons. The van der Waals surface area contributed by atoms with Gasteiger partial charge in [0, 0.05) is 10.3 Å². The van der Waals surface area contributed by atoms with Crippen LogP contribution in [0, 0.1) is 5.41 Å². The number of amides is 1. The lowest BCUT2D eigenvalue weighted by Gasteiger charge is -2.37. The molecule has 1 aromatic heterocycles. The molecule has 0 saturated carbocycles. The van der Waals surface area contributed by atoms with Crippen molar-refractivity contribution in [3.05, 3.63) is 51.2 Å². The number of hydrogen-bond donors (Lipinski definition) is 2. The first kappa shape index (κ1) is 29.8. The summed E-state index contributed by atoms with van der Waals surface area (Å²) in [5, 5.41) is 13.6. The Morgan fingerprint density at radius 2 is 1.69 bits per heavy atom. The van der Waals surface area contributed by atoms with E-state index < -0.39 is 17.6 Å². The lowest BCUT2D eigenvalue weighted by Crippen LogP contribution is -2.45. The van der Waals surface area contributed by atoms with Crippen LogP contribution in [0.25, 0.3) is 0 Å². The quantitative estimate of drug-likeness (QED) is 0.363. The van der Waals surface area contributed by atoms with Gasteiger partial charge in [0.15, 0.2) is 0 Å². The van der Waals surface area contributed by atoms with Crippen molar-refractivity contribution in [3.8, 4) is 5.75 Å². The van der Waals surface area contributed by atoms with E-state index in [4.69, 9.17) is 9.47 Å². The molecule has 36 heavy (non-hydrogen) atoms. The highest BCUT2D eigenvalue weighted by Gasteiger charge is 2.37. The minimum Gasteiger partial charge on any atom is -0.490 e. The maximum atomic E-state index is 12.8. The van der Waals surface area contributed by atoms with E-state index >= 15 is 0 Å². The topological polar surface area (TPSA) is 84.9 Å². The third kappa shape index (κ3) is 6.30. The van der Waals surface area contributed by atoms with Crippen molar-refractivity contribution < 1.29 is 24.2 Å². The zero-order valence-electron chi connectivity index (χ0n) is 23.3. The van der Waals surface area contributed by atoms with E-state index in [1.54, 1.807) is 6.92 Å². The van der Waals surface area contributed by atoms with Gasteiger partial charge in [-0.2, -0.15) is 0 Å². The normalized spacial score (nSPS) is 14.6. The van der Waals surface area contributed by atoms with Crippen LogP contribution in [0.1, 0.15) is 93.9 Å². The number of thiophene rings is 1. The van der Waals surface area contributed by atoms with Gasteiger partial charge in [-0.15, -0.1) is 11.3 Å². The number of esters is 1. The number of ether oxygens (including phenoxy) is 2. The van der Waals surface area contributed by atoms with Gasteiger partial charge in [0.1, 0.15) is 24.0 Å². The fraction of sp³-hybridized carbons (Fsp3) is 0.586. The van der Waals surface area contributed by atoms with E-state index in [1.807, 2.05) is 45.9 Å². The van der Waals surface area contributed by atoms with E-state index in [0.717, 1.165) is 35.5 Å². The molecule has 0 saturated heterocycles. The monoisotopic (exact) mass is 517 g/mol. The van der Waals surface area contributed by atoms with E-state index in [1.165, 1.54) is 24.0 Å². The van der Waals surface area contributed by atoms with E-state index in [0.29, 0.717) is 4.88 Å². The summed E-state index contributed by atoms with van der Waals surface area (Å²) in [6.45, 7) is 16.1. The highest BCUT2D eigenvalue weighted by molar-refractivity contribution is 7.14. The van der Waals surface area contributed by atoms with Gasteiger partial charge in [0.2, 0.25) is 0 Å². The molecule has 1 amide bonds. The van der Waals surface area contributed by atoms with Crippen molar-refractivity contribution in [1.29, 1.82) is 0 Å². The van der Waals surface area contributed by atoms with Gasteiger partial charge in [-0.1, -0.05) is 53.7 Å². The van der Waals surface area contributed by atoms with Crippen molar-refractivity contribution in [3.63, 3.8) is 0 Å². The predicted octanol–water partition coefficient (Wildman–Crippen LogP) is 5.88. The summed E-state index contributed by atoms with van der Waals surface area (Å²) in [6, 6.07) is 9.44. The second-order valence-corrected chi connectivity index (χ2v) is 11.7. The summed E-state index contributed by atoms with van der Waals surface area (Å²) in [5.74, 6) is 0.0269. The molecular weight excluding hydrogens is 474 g/mol. The molecule has 6 nitrogen and oxygen atoms in total. The zero-order chi connectivity index (χ0) is 27.3. The largest absolute Gasteiger partial charge is 0.490 e. The molecule has 0 aliphatic heterocycles. The van der Waals surface area contributed by atoms with Crippen LogP contribution >= 0.6 is 11.3 Å². The van der Waals surface area contributed by atoms with E-state index in [9.17, 15) is 14.7 Å². The number of nitrogens with one attached hydrogen (secondary N) is 1. The molecule has 0 fully saturated rings. The number of benzene rings is 1. The zero-order valence-corrected chi connectivity index (χ0v) is 24.1. The van der Waals surface area contributed by atoms with Crippen molar-refractivity contribution in [2.45, 2.75) is 91.7 Å². The summed E-state index contributed by atoms with van der Waals surface area (Å²) in [6.07, 6.45) is 2.53. The summed E-state index contributed by atoms with van der Waals surface area (Å²) in [5.41, 5.74) is 0.737. The standard InChI is InChI=1S/C29H43NO5S/c1-10-20-17-21(13-14-22(20)35-18-28(8,33)27(5,6)7)29(11-2,12-3)24-16-15-23(36-24)25(31)30-19(4)26(32)34-9/h13-17,19,33H,10-12,18H2,1-9H3,(H,30,31). The van der Waals surface area contributed by atoms with Gasteiger partial charge in [0.05, 0.1) is 12.0 Å². The third-order valence-electron chi connectivity index (χ3n) is 7.53. The molecule has 0 aliphatic carbocycles. The van der Waals surface area contributed by atoms with Gasteiger partial charge >= 0.3 is 5.97 Å². The molecule has 0 bridgehead atoms. The maximum absolute atomic E-state index is 12.8. The second kappa shape index (κ2) is 11.8. The first-order valence-corrected chi connectivity index (χ1v) is 13.6. The van der Waals surface area contributed by atoms with Gasteiger partial charge in [0.25, 0.3) is 5.91 Å². The molecular formula is C29H43NO5S. The Hall–Kier alpha value is -2.38. The number of hydrogen-bond acceptors (Lipinski definition) is 6. The molecule has 2 rings (SSSR count). The molecule has 1 heterocycles. The van der Waals surface area contributed by atoms with Crippen molar-refractivity contribution in [1.82, 2.24) is 5.32 Å². The van der Waals surface area contributed by atoms with E-state index in [-0.39, 0.29) is 23.3 Å². The fourth-order valence-corrected chi connectivity index (χ4v) is 5.36. The van der Waals surface area contributed by atoms with Crippen LogP contribution in [0.2, 0.25) is 0 Å². The Labute approximate surface area is 220 Å². The van der Waals surface area contributed by atoms with Crippen LogP contribution in [0.4, 0.5) is 0 Å². The van der Waals surface area contributed by atoms with Gasteiger partial charge < -0.3 is 19.9 Å². The molecule has 1 aromatic carbocycles. The Kier molecular flexibility index (Phi) is 9.77. The molecule has 2 atom stereocenters. The van der Waals surface area contributed by atoms with Crippen LogP contribution in [-0.2, 0) is 21.4 Å². The Balaban J connectivity index is 2.37. The first-order chi connectivity index (χ1) is 16.8. The number of carbonyl (C=O) groups excluding carboxylic acids is 2. The predicted molar refractivity (Wildman–Crippen MR) is 146 cm³/mol. The van der Waals surface area contributed by atoms with Crippen LogP contribution in [0.5, 0.6) is 5.75 Å². The summed E-state index contributed by atoms with van der Waals surface area (Å²) >= 11 is 1.46. The summed E-state index contributed by atoms with van der Waals surface area (Å²) in [7, 11) is 1.30. The van der Waals surface area contributed by atoms with Crippen molar-refractivity contribution in [2.24, 2.45) is 5.41 Å². The summed E-state index contributed by atoms with van der Waals surface area (Å²) < 4.78 is 10.8. The number of methoxy groups -OCH3 is 1. The molecule has 2 unspecified atom stereocenters. The van der Waals surface area contributed by atoms with Crippen LogP contribution in [-0.4, -0.2) is 42.3 Å². The summed E-state index contributed by atoms with van der Waals surface area (Å²) in [4.78, 5) is 26.1. The molecule has 7 heteroatoms. The van der Waals surface area contributed by atoms with Gasteiger partial charge in [-0.25, -0.2) is 4.79 Å². The smallest absolute Gasteiger partial charge is 0.328 e. The molecule has 0 radical (unpaired) electrons. The SMILES string of the molecule is CCc1cc(C(CC)(CC)c2ccc(C(=O)NC(C)C(=O)OC)s2)ccc1OCC(C)(O)C(C)(C)C. The highest BCUT2D eigenvalue weighted by Crippen LogP contribution is 2.43. The molecule has 0 aliphatic rings. The molecule has 2 N–H and O–H groups in total. The first-order valence-electron chi connectivity index (χ1n) is 12.7. The molecule has 0 spiro atoms. The Morgan fingerprint density at radius 1 is 1.06 bits per heavy atom. The van der Waals surface area contributed by atoms with Crippen LogP contribution in [0.3, 0.4) is 0 Å². The highest BCUT2D eigenvalue weighted by atomic mass is 32.1. The maximum Gasteiger partial charge on any atom is 0.328 e. The number of aliphatic hydroxyl groups is 1. The van der Waals surface area contributed by atoms with Crippen LogP contribution in [0.15, 0.2) is 30.3 Å². The van der Waals surface area contributed by atoms with Crippen LogP contribution < -0.4 is 10.1 Å². The van der Waals surface area contributed by atoms with E-state index in [2.05, 4.69) is 38.2 Å². The fourth-order valence-electron chi connectivity index (χ4n) is 4.10. The minimum absolute atomic E-state index is 0.211. The average Bonchev–Trinajstić information content (AvgIpc) is 3.33. The van der Waals surface area contributed by atoms with Gasteiger partial charge in [-0.3, -0.25) is 4.79 Å². The molecule has 2 aromatic rings. The van der Waals surface area contributed by atoms with Crippen molar-refractivity contribution >= 4 is 23.2 Å². The third-order valence-corrected chi connectivity index (χ3v) is 8.82. The second-order valence-electron chi connectivity index (χ2n) is 10.7. The number of rotatable bonds is 11. The van der Waals surface area contributed by atoms with Gasteiger partial charge in [-0.05, 0) is 67.9 Å². The lowest BCUT2D eigenvalue weighted by atomic mass is 9.74. The lowest BCUT2D eigenvalue weighted by molar-refractivity contribution is -0.142. The number of aryl methyl sites for hydroxylation is 1. The number of carbonyl (C=O) groups is 2. The minimum atomic E-state index is -0.966. The Bertz CT molecular complexity index is 1050. The Morgan fingerprint density at radius 3 is 2.22 bits per heavy atom. The average molecular weight is 518 g/mol.